The lowest BCUT2D eigenvalue weighted by atomic mass is 9.92. The van der Waals surface area contributed by atoms with Crippen LogP contribution in [0.15, 0.2) is 24.3 Å². The maximum absolute atomic E-state index is 12.6. The van der Waals surface area contributed by atoms with Crippen molar-refractivity contribution < 1.29 is 9.59 Å². The topological polar surface area (TPSA) is 60.2 Å². The monoisotopic (exact) mass is 602 g/mol. The Bertz CT molecular complexity index is 653. The number of unbranched alkanes of at least 4 members (excludes halogenated alkanes) is 25. The van der Waals surface area contributed by atoms with Gasteiger partial charge in [0.25, 0.3) is 0 Å². The number of hydrogen-bond donors (Lipinski definition) is 1. The standard InChI is InChI=1S/C40H75NO2/c1-3-5-7-9-11-13-15-17-19-20-21-22-23-25-27-29-31-33-35-37-39(42)38(40(41)43)36-34-32-30-28-26-24-18-16-14-12-10-8-6-4-2/h17-19,24,38H,3-16,20-23,25-37H2,1-2H3,(H2,41,43). The van der Waals surface area contributed by atoms with Crippen LogP contribution in [0.25, 0.3) is 0 Å². The van der Waals surface area contributed by atoms with Crippen molar-refractivity contribution in [3.8, 4) is 0 Å². The minimum atomic E-state index is -0.567. The van der Waals surface area contributed by atoms with Crippen molar-refractivity contribution in [1.29, 1.82) is 0 Å². The number of allylic oxidation sites excluding steroid dienone is 4. The summed E-state index contributed by atoms with van der Waals surface area (Å²) in [5.74, 6) is -0.912. The van der Waals surface area contributed by atoms with Crippen LogP contribution >= 0.6 is 0 Å². The summed E-state index contributed by atoms with van der Waals surface area (Å²) in [7, 11) is 0. The zero-order valence-electron chi connectivity index (χ0n) is 29.2. The van der Waals surface area contributed by atoms with Crippen LogP contribution in [0.1, 0.15) is 213 Å². The second kappa shape index (κ2) is 35.1. The van der Waals surface area contributed by atoms with Gasteiger partial charge in [0.2, 0.25) is 5.91 Å². The molecule has 1 atom stereocenters. The number of hydrogen-bond acceptors (Lipinski definition) is 2. The molecule has 2 N–H and O–H groups in total. The average Bonchev–Trinajstić information content (AvgIpc) is 3.00. The molecule has 0 aliphatic rings. The zero-order chi connectivity index (χ0) is 31.5. The van der Waals surface area contributed by atoms with Gasteiger partial charge in [-0.3, -0.25) is 9.59 Å². The maximum Gasteiger partial charge on any atom is 0.227 e. The molecule has 0 heterocycles. The number of carbonyl (C=O) groups is 2. The van der Waals surface area contributed by atoms with Gasteiger partial charge in [-0.1, -0.05) is 167 Å². The second-order valence-corrected chi connectivity index (χ2v) is 13.2. The van der Waals surface area contributed by atoms with Crippen LogP contribution in [-0.4, -0.2) is 11.7 Å². The van der Waals surface area contributed by atoms with Gasteiger partial charge in [-0.05, 0) is 64.2 Å². The van der Waals surface area contributed by atoms with Crippen LogP contribution < -0.4 is 5.73 Å². The van der Waals surface area contributed by atoms with E-state index in [0.717, 1.165) is 38.5 Å². The van der Waals surface area contributed by atoms with E-state index in [2.05, 4.69) is 38.2 Å². The molecule has 0 aromatic heterocycles. The normalized spacial score (nSPS) is 12.5. The van der Waals surface area contributed by atoms with Crippen LogP contribution in [-0.2, 0) is 9.59 Å². The fourth-order valence-electron chi connectivity index (χ4n) is 5.96. The Kier molecular flexibility index (Phi) is 34.0. The first-order valence-electron chi connectivity index (χ1n) is 19.2. The molecule has 0 rings (SSSR count). The Morgan fingerprint density at radius 2 is 0.744 bits per heavy atom. The van der Waals surface area contributed by atoms with Crippen LogP contribution in [0.4, 0.5) is 0 Å². The van der Waals surface area contributed by atoms with Crippen molar-refractivity contribution in [1.82, 2.24) is 0 Å². The molecule has 0 radical (unpaired) electrons. The molecule has 0 fully saturated rings. The molecule has 252 valence electrons. The first-order chi connectivity index (χ1) is 21.1. The molecule has 0 saturated heterocycles. The number of nitrogens with two attached hydrogens (primary N) is 1. The largest absolute Gasteiger partial charge is 0.369 e. The number of carbonyl (C=O) groups excluding carboxylic acids is 2. The zero-order valence-corrected chi connectivity index (χ0v) is 29.2. The van der Waals surface area contributed by atoms with E-state index in [0.29, 0.717) is 12.8 Å². The number of ketones is 1. The van der Waals surface area contributed by atoms with E-state index in [4.69, 9.17) is 5.73 Å². The summed E-state index contributed by atoms with van der Waals surface area (Å²) in [5, 5.41) is 0. The summed E-state index contributed by atoms with van der Waals surface area (Å²) in [4.78, 5) is 24.5. The predicted octanol–water partition coefficient (Wildman–Crippen LogP) is 12.9. The fourth-order valence-corrected chi connectivity index (χ4v) is 5.96. The summed E-state index contributed by atoms with van der Waals surface area (Å²) in [6.07, 6.45) is 47.4. The van der Waals surface area contributed by atoms with Crippen molar-refractivity contribution >= 4 is 11.7 Å². The molecule has 0 bridgehead atoms. The highest BCUT2D eigenvalue weighted by Gasteiger charge is 2.22. The van der Waals surface area contributed by atoms with Gasteiger partial charge in [0, 0.05) is 6.42 Å². The van der Waals surface area contributed by atoms with E-state index in [-0.39, 0.29) is 5.78 Å². The van der Waals surface area contributed by atoms with E-state index >= 15 is 0 Å². The lowest BCUT2D eigenvalue weighted by molar-refractivity contribution is -0.132. The Labute approximate surface area is 269 Å². The van der Waals surface area contributed by atoms with Gasteiger partial charge < -0.3 is 5.73 Å². The van der Waals surface area contributed by atoms with Crippen molar-refractivity contribution in [3.05, 3.63) is 24.3 Å². The van der Waals surface area contributed by atoms with Crippen molar-refractivity contribution in [3.63, 3.8) is 0 Å². The van der Waals surface area contributed by atoms with Gasteiger partial charge in [-0.15, -0.1) is 0 Å². The molecule has 1 amide bonds. The highest BCUT2D eigenvalue weighted by atomic mass is 16.2. The molecule has 0 aliphatic heterocycles. The number of rotatable bonds is 35. The van der Waals surface area contributed by atoms with Crippen LogP contribution in [0.3, 0.4) is 0 Å². The van der Waals surface area contributed by atoms with Crippen LogP contribution in [0, 0.1) is 5.92 Å². The lowest BCUT2D eigenvalue weighted by Gasteiger charge is -2.12. The number of Topliss-reactive ketones (excluding diaryl/α,β-unsaturated/α-hetero) is 1. The lowest BCUT2D eigenvalue weighted by Crippen LogP contribution is -2.30. The number of amides is 1. The van der Waals surface area contributed by atoms with Crippen molar-refractivity contribution in [2.24, 2.45) is 11.7 Å². The maximum atomic E-state index is 12.6. The summed E-state index contributed by atoms with van der Waals surface area (Å²) in [6, 6.07) is 0. The Morgan fingerprint density at radius 3 is 1.09 bits per heavy atom. The van der Waals surface area contributed by atoms with Crippen LogP contribution in [0.2, 0.25) is 0 Å². The van der Waals surface area contributed by atoms with E-state index < -0.39 is 11.8 Å². The molecule has 0 aromatic rings. The van der Waals surface area contributed by atoms with Crippen molar-refractivity contribution in [2.45, 2.75) is 213 Å². The first kappa shape index (κ1) is 41.6. The molecular formula is C40H75NO2. The van der Waals surface area contributed by atoms with Gasteiger partial charge in [0.15, 0.2) is 0 Å². The van der Waals surface area contributed by atoms with Crippen molar-refractivity contribution in [2.75, 3.05) is 0 Å². The van der Waals surface area contributed by atoms with E-state index in [1.54, 1.807) is 0 Å². The smallest absolute Gasteiger partial charge is 0.227 e. The highest BCUT2D eigenvalue weighted by molar-refractivity contribution is 6.00. The van der Waals surface area contributed by atoms with E-state index in [9.17, 15) is 9.59 Å². The van der Waals surface area contributed by atoms with E-state index in [1.807, 2.05) is 0 Å². The Hall–Kier alpha value is -1.38. The molecule has 0 spiro atoms. The second-order valence-electron chi connectivity index (χ2n) is 13.2. The molecule has 0 aromatic carbocycles. The summed E-state index contributed by atoms with van der Waals surface area (Å²) >= 11 is 0. The number of primary amides is 1. The first-order valence-corrected chi connectivity index (χ1v) is 19.2. The molecule has 0 aliphatic carbocycles. The SMILES string of the molecule is CCCCCCCCC=CCCCCCCCCCCCC(=O)C(CCCCCCC=CCCCCCCCC)C(N)=O. The average molecular weight is 602 g/mol. The molecule has 1 unspecified atom stereocenters. The Morgan fingerprint density at radius 1 is 0.442 bits per heavy atom. The van der Waals surface area contributed by atoms with Gasteiger partial charge in [0.05, 0.1) is 5.92 Å². The molecule has 3 nitrogen and oxygen atoms in total. The molecular weight excluding hydrogens is 526 g/mol. The van der Waals surface area contributed by atoms with Gasteiger partial charge in [-0.2, -0.15) is 0 Å². The molecule has 43 heavy (non-hydrogen) atoms. The molecule has 3 heteroatoms. The van der Waals surface area contributed by atoms with Gasteiger partial charge in [-0.25, -0.2) is 0 Å². The fraction of sp³-hybridized carbons (Fsp3) is 0.850. The summed E-state index contributed by atoms with van der Waals surface area (Å²) < 4.78 is 0. The molecule has 0 saturated carbocycles. The summed E-state index contributed by atoms with van der Waals surface area (Å²) in [5.41, 5.74) is 5.59. The summed E-state index contributed by atoms with van der Waals surface area (Å²) in [6.45, 7) is 4.54. The third-order valence-electron chi connectivity index (χ3n) is 8.92. The van der Waals surface area contributed by atoms with Crippen LogP contribution in [0.5, 0.6) is 0 Å². The van der Waals surface area contributed by atoms with Gasteiger partial charge >= 0.3 is 0 Å². The third-order valence-corrected chi connectivity index (χ3v) is 8.92. The van der Waals surface area contributed by atoms with E-state index in [1.165, 1.54) is 148 Å². The minimum Gasteiger partial charge on any atom is -0.369 e. The van der Waals surface area contributed by atoms with Gasteiger partial charge in [0.1, 0.15) is 5.78 Å². The predicted molar refractivity (Wildman–Crippen MR) is 190 cm³/mol. The quantitative estimate of drug-likeness (QED) is 0.0446. The Balaban J connectivity index is 3.57. The minimum absolute atomic E-state index is 0.0751. The third kappa shape index (κ3) is 31.8. The highest BCUT2D eigenvalue weighted by Crippen LogP contribution is 2.18.